The molecule has 4 heteroatoms. The Morgan fingerprint density at radius 3 is 2.89 bits per heavy atom. The summed E-state index contributed by atoms with van der Waals surface area (Å²) >= 11 is 0. The van der Waals surface area contributed by atoms with E-state index in [2.05, 4.69) is 15.6 Å². The fourth-order valence-electron chi connectivity index (χ4n) is 2.68. The van der Waals surface area contributed by atoms with E-state index in [0.717, 1.165) is 24.7 Å². The lowest BCUT2D eigenvalue weighted by molar-refractivity contribution is 0.0950. The van der Waals surface area contributed by atoms with Gasteiger partial charge < -0.3 is 10.6 Å². The molecule has 1 amide bonds. The van der Waals surface area contributed by atoms with Crippen LogP contribution >= 0.6 is 0 Å². The molecule has 0 saturated heterocycles. The number of nitrogens with one attached hydrogen (secondary N) is 2. The average Bonchev–Trinajstić information content (AvgIpc) is 2.48. The highest BCUT2D eigenvalue weighted by molar-refractivity contribution is 5.94. The minimum atomic E-state index is -0.00490. The molecule has 2 N–H and O–H groups in total. The van der Waals surface area contributed by atoms with E-state index in [9.17, 15) is 4.79 Å². The lowest BCUT2D eigenvalue weighted by Gasteiger charge is -2.21. The smallest absolute Gasteiger partial charge is 0.251 e. The molecular formula is C15H23N3O. The molecule has 1 saturated carbocycles. The fourth-order valence-corrected chi connectivity index (χ4v) is 2.68. The summed E-state index contributed by atoms with van der Waals surface area (Å²) in [5, 5.41) is 5.94. The summed E-state index contributed by atoms with van der Waals surface area (Å²) in [5.41, 5.74) is 0.669. The maximum absolute atomic E-state index is 12.0. The van der Waals surface area contributed by atoms with Crippen molar-refractivity contribution >= 4 is 11.7 Å². The SMILES string of the molecule is CNc1cc(C(=O)NCCC2CCCCC2)ccn1. The van der Waals surface area contributed by atoms with Crippen molar-refractivity contribution in [3.63, 3.8) is 0 Å². The van der Waals surface area contributed by atoms with Gasteiger partial charge in [0.05, 0.1) is 0 Å². The summed E-state index contributed by atoms with van der Waals surface area (Å²) in [5.74, 6) is 1.52. The van der Waals surface area contributed by atoms with E-state index in [1.54, 1.807) is 25.4 Å². The molecular weight excluding hydrogens is 238 g/mol. The minimum absolute atomic E-state index is 0.00490. The van der Waals surface area contributed by atoms with Gasteiger partial charge in [0.1, 0.15) is 5.82 Å². The van der Waals surface area contributed by atoms with Crippen molar-refractivity contribution in [2.24, 2.45) is 5.92 Å². The Morgan fingerprint density at radius 1 is 1.37 bits per heavy atom. The molecule has 0 radical (unpaired) electrons. The van der Waals surface area contributed by atoms with Crippen LogP contribution in [0.1, 0.15) is 48.9 Å². The summed E-state index contributed by atoms with van der Waals surface area (Å²) in [6, 6.07) is 3.52. The zero-order chi connectivity index (χ0) is 13.5. The Balaban J connectivity index is 1.77. The van der Waals surface area contributed by atoms with Crippen LogP contribution in [-0.2, 0) is 0 Å². The molecule has 1 fully saturated rings. The molecule has 1 heterocycles. The predicted octanol–water partition coefficient (Wildman–Crippen LogP) is 2.82. The maximum Gasteiger partial charge on any atom is 0.251 e. The first-order chi connectivity index (χ1) is 9.29. The second-order valence-electron chi connectivity index (χ2n) is 5.23. The van der Waals surface area contributed by atoms with Gasteiger partial charge in [-0.15, -0.1) is 0 Å². The number of hydrogen-bond acceptors (Lipinski definition) is 3. The number of carbonyl (C=O) groups excluding carboxylic acids is 1. The maximum atomic E-state index is 12.0. The van der Waals surface area contributed by atoms with E-state index in [1.165, 1.54) is 32.1 Å². The highest BCUT2D eigenvalue weighted by atomic mass is 16.1. The van der Waals surface area contributed by atoms with E-state index >= 15 is 0 Å². The van der Waals surface area contributed by atoms with Crippen molar-refractivity contribution in [2.75, 3.05) is 18.9 Å². The molecule has 104 valence electrons. The Hall–Kier alpha value is -1.58. The van der Waals surface area contributed by atoms with E-state index in [-0.39, 0.29) is 5.91 Å². The van der Waals surface area contributed by atoms with Crippen molar-refractivity contribution in [1.29, 1.82) is 0 Å². The van der Waals surface area contributed by atoms with Gasteiger partial charge in [-0.1, -0.05) is 32.1 Å². The fraction of sp³-hybridized carbons (Fsp3) is 0.600. The monoisotopic (exact) mass is 261 g/mol. The molecule has 0 aromatic carbocycles. The number of aromatic nitrogens is 1. The molecule has 1 aromatic rings. The molecule has 4 nitrogen and oxygen atoms in total. The zero-order valence-electron chi connectivity index (χ0n) is 11.6. The van der Waals surface area contributed by atoms with Crippen molar-refractivity contribution in [1.82, 2.24) is 10.3 Å². The minimum Gasteiger partial charge on any atom is -0.373 e. The van der Waals surface area contributed by atoms with Crippen LogP contribution in [0.3, 0.4) is 0 Å². The van der Waals surface area contributed by atoms with Gasteiger partial charge in [0.15, 0.2) is 0 Å². The largest absolute Gasteiger partial charge is 0.373 e. The number of hydrogen-bond donors (Lipinski definition) is 2. The standard InChI is InChI=1S/C15H23N3O/c1-16-14-11-13(8-10-17-14)15(19)18-9-7-12-5-3-2-4-6-12/h8,10-12H,2-7,9H2,1H3,(H,16,17)(H,18,19). The average molecular weight is 261 g/mol. The normalized spacial score (nSPS) is 16.1. The van der Waals surface area contributed by atoms with Gasteiger partial charge in [0.25, 0.3) is 5.91 Å². The summed E-state index contributed by atoms with van der Waals surface area (Å²) in [6.45, 7) is 0.778. The molecule has 1 aliphatic carbocycles. The highest BCUT2D eigenvalue weighted by Gasteiger charge is 2.13. The summed E-state index contributed by atoms with van der Waals surface area (Å²) in [4.78, 5) is 16.1. The number of carbonyl (C=O) groups is 1. The summed E-state index contributed by atoms with van der Waals surface area (Å²) in [7, 11) is 1.80. The first-order valence-electron chi connectivity index (χ1n) is 7.21. The molecule has 0 atom stereocenters. The van der Waals surface area contributed by atoms with E-state index in [0.29, 0.717) is 5.56 Å². The summed E-state index contributed by atoms with van der Waals surface area (Å²) < 4.78 is 0. The van der Waals surface area contributed by atoms with E-state index < -0.39 is 0 Å². The van der Waals surface area contributed by atoms with Crippen LogP contribution in [0.15, 0.2) is 18.3 Å². The number of amides is 1. The lowest BCUT2D eigenvalue weighted by atomic mass is 9.87. The van der Waals surface area contributed by atoms with Gasteiger partial charge in [0.2, 0.25) is 0 Å². The second kappa shape index (κ2) is 7.12. The molecule has 0 bridgehead atoms. The summed E-state index contributed by atoms with van der Waals surface area (Å²) in [6.07, 6.45) is 9.51. The van der Waals surface area contributed by atoms with Crippen LogP contribution < -0.4 is 10.6 Å². The van der Waals surface area contributed by atoms with Crippen LogP contribution in [-0.4, -0.2) is 24.5 Å². The number of pyridine rings is 1. The topological polar surface area (TPSA) is 54.0 Å². The Bertz CT molecular complexity index is 414. The molecule has 1 aliphatic rings. The van der Waals surface area contributed by atoms with E-state index in [1.807, 2.05) is 0 Å². The third-order valence-corrected chi connectivity index (χ3v) is 3.84. The van der Waals surface area contributed by atoms with Crippen molar-refractivity contribution in [3.05, 3.63) is 23.9 Å². The first-order valence-corrected chi connectivity index (χ1v) is 7.21. The van der Waals surface area contributed by atoms with Crippen LogP contribution in [0.5, 0.6) is 0 Å². The van der Waals surface area contributed by atoms with E-state index in [4.69, 9.17) is 0 Å². The third-order valence-electron chi connectivity index (χ3n) is 3.84. The molecule has 0 aliphatic heterocycles. The van der Waals surface area contributed by atoms with Gasteiger partial charge in [-0.3, -0.25) is 4.79 Å². The van der Waals surface area contributed by atoms with Gasteiger partial charge in [-0.05, 0) is 24.5 Å². The first kappa shape index (κ1) is 13.8. The van der Waals surface area contributed by atoms with Gasteiger partial charge in [0, 0.05) is 25.4 Å². The molecule has 1 aromatic heterocycles. The molecule has 0 unspecified atom stereocenters. The van der Waals surface area contributed by atoms with Crippen molar-refractivity contribution < 1.29 is 4.79 Å². The number of anilines is 1. The Labute approximate surface area is 115 Å². The Morgan fingerprint density at radius 2 is 2.16 bits per heavy atom. The zero-order valence-corrected chi connectivity index (χ0v) is 11.6. The molecule has 0 spiro atoms. The molecule has 19 heavy (non-hydrogen) atoms. The van der Waals surface area contributed by atoms with Crippen LogP contribution in [0.2, 0.25) is 0 Å². The van der Waals surface area contributed by atoms with Gasteiger partial charge in [-0.25, -0.2) is 4.98 Å². The van der Waals surface area contributed by atoms with Crippen LogP contribution in [0.25, 0.3) is 0 Å². The van der Waals surface area contributed by atoms with Gasteiger partial charge in [-0.2, -0.15) is 0 Å². The van der Waals surface area contributed by atoms with Gasteiger partial charge >= 0.3 is 0 Å². The second-order valence-corrected chi connectivity index (χ2v) is 5.23. The predicted molar refractivity (Wildman–Crippen MR) is 77.3 cm³/mol. The third kappa shape index (κ3) is 4.23. The van der Waals surface area contributed by atoms with Crippen molar-refractivity contribution in [2.45, 2.75) is 38.5 Å². The number of rotatable bonds is 5. The Kier molecular flexibility index (Phi) is 5.19. The highest BCUT2D eigenvalue weighted by Crippen LogP contribution is 2.25. The molecule has 2 rings (SSSR count). The van der Waals surface area contributed by atoms with Crippen LogP contribution in [0, 0.1) is 5.92 Å². The number of nitrogens with zero attached hydrogens (tertiary/aromatic N) is 1. The van der Waals surface area contributed by atoms with Crippen molar-refractivity contribution in [3.8, 4) is 0 Å². The lowest BCUT2D eigenvalue weighted by Crippen LogP contribution is -2.26. The quantitative estimate of drug-likeness (QED) is 0.857. The van der Waals surface area contributed by atoms with Crippen LogP contribution in [0.4, 0.5) is 5.82 Å².